The van der Waals surface area contributed by atoms with Gasteiger partial charge in [0, 0.05) is 12.6 Å². The van der Waals surface area contributed by atoms with Crippen molar-refractivity contribution in [1.82, 2.24) is 5.32 Å². The van der Waals surface area contributed by atoms with Crippen molar-refractivity contribution < 1.29 is 19.4 Å². The maximum atomic E-state index is 11.7. The van der Waals surface area contributed by atoms with E-state index in [-0.39, 0.29) is 6.54 Å². The zero-order valence-corrected chi connectivity index (χ0v) is 11.7. The lowest BCUT2D eigenvalue weighted by Crippen LogP contribution is -2.36. The van der Waals surface area contributed by atoms with Gasteiger partial charge in [0.1, 0.15) is 5.75 Å². The number of rotatable bonds is 5. The molecule has 0 bridgehead atoms. The Morgan fingerprint density at radius 1 is 1.45 bits per heavy atom. The molecule has 0 aliphatic heterocycles. The molecule has 0 heterocycles. The van der Waals surface area contributed by atoms with Gasteiger partial charge in [0.2, 0.25) is 0 Å². The first-order valence-corrected chi connectivity index (χ1v) is 6.46. The van der Waals surface area contributed by atoms with E-state index in [2.05, 4.69) is 10.6 Å². The van der Waals surface area contributed by atoms with Crippen LogP contribution in [0.15, 0.2) is 18.2 Å². The van der Waals surface area contributed by atoms with Gasteiger partial charge in [0.05, 0.1) is 23.2 Å². The molecule has 0 atom stereocenters. The summed E-state index contributed by atoms with van der Waals surface area (Å²) >= 11 is 5.96. The van der Waals surface area contributed by atoms with Crippen LogP contribution in [0.3, 0.4) is 0 Å². The fourth-order valence-electron chi connectivity index (χ4n) is 1.76. The number of aliphatic carboxylic acids is 1. The number of amides is 2. The summed E-state index contributed by atoms with van der Waals surface area (Å²) in [5.41, 5.74) is -0.390. The Labute approximate surface area is 121 Å². The number of carbonyl (C=O) groups excluding carboxylic acids is 1. The molecular formula is C13H15ClN2O4. The summed E-state index contributed by atoms with van der Waals surface area (Å²) in [4.78, 5) is 22.7. The van der Waals surface area contributed by atoms with Gasteiger partial charge in [-0.3, -0.25) is 4.79 Å². The van der Waals surface area contributed by atoms with Crippen molar-refractivity contribution in [3.05, 3.63) is 23.2 Å². The molecule has 1 aliphatic carbocycles. The third-order valence-electron chi connectivity index (χ3n) is 3.32. The van der Waals surface area contributed by atoms with Crippen LogP contribution in [0, 0.1) is 5.41 Å². The maximum Gasteiger partial charge on any atom is 0.319 e. The molecule has 2 rings (SSSR count). The van der Waals surface area contributed by atoms with Gasteiger partial charge in [-0.2, -0.15) is 0 Å². The van der Waals surface area contributed by atoms with Gasteiger partial charge in [0.15, 0.2) is 0 Å². The summed E-state index contributed by atoms with van der Waals surface area (Å²) in [5.74, 6) is -0.314. The number of ether oxygens (including phenoxy) is 1. The number of urea groups is 1. The minimum atomic E-state index is -0.878. The third-order valence-corrected chi connectivity index (χ3v) is 3.65. The second kappa shape index (κ2) is 5.58. The average Bonchev–Trinajstić information content (AvgIpc) is 3.20. The second-order valence-electron chi connectivity index (χ2n) is 4.74. The van der Waals surface area contributed by atoms with Gasteiger partial charge in [-0.15, -0.1) is 0 Å². The van der Waals surface area contributed by atoms with E-state index in [1.165, 1.54) is 7.11 Å². The van der Waals surface area contributed by atoms with Gasteiger partial charge >= 0.3 is 12.0 Å². The van der Waals surface area contributed by atoms with Crippen LogP contribution in [0.4, 0.5) is 10.5 Å². The van der Waals surface area contributed by atoms with Crippen LogP contribution < -0.4 is 15.4 Å². The van der Waals surface area contributed by atoms with Crippen molar-refractivity contribution in [2.45, 2.75) is 12.8 Å². The van der Waals surface area contributed by atoms with Crippen LogP contribution in [0.2, 0.25) is 5.02 Å². The van der Waals surface area contributed by atoms with E-state index in [9.17, 15) is 9.59 Å². The molecule has 1 aromatic carbocycles. The van der Waals surface area contributed by atoms with Crippen molar-refractivity contribution in [2.75, 3.05) is 19.0 Å². The first-order chi connectivity index (χ1) is 9.47. The molecule has 0 spiro atoms. The Kier molecular flexibility index (Phi) is 4.04. The fraction of sp³-hybridized carbons (Fsp3) is 0.385. The summed E-state index contributed by atoms with van der Waals surface area (Å²) in [6.07, 6.45) is 1.17. The molecule has 1 aromatic rings. The summed E-state index contributed by atoms with van der Waals surface area (Å²) in [6, 6.07) is 4.38. The standard InChI is InChI=1S/C13H15ClN2O4/c1-20-8-2-3-9(14)10(6-8)16-12(19)15-7-13(4-5-13)11(17)18/h2-3,6H,4-5,7H2,1H3,(H,17,18)(H2,15,16,19). The molecule has 0 saturated heterocycles. The van der Waals surface area contributed by atoms with Crippen LogP contribution in [0.1, 0.15) is 12.8 Å². The Bertz CT molecular complexity index is 543. The maximum absolute atomic E-state index is 11.7. The monoisotopic (exact) mass is 298 g/mol. The lowest BCUT2D eigenvalue weighted by molar-refractivity contribution is -0.143. The highest BCUT2D eigenvalue weighted by Gasteiger charge is 2.50. The Hall–Kier alpha value is -1.95. The summed E-state index contributed by atoms with van der Waals surface area (Å²) < 4.78 is 5.04. The number of carboxylic acid groups (broad SMARTS) is 1. The fourth-order valence-corrected chi connectivity index (χ4v) is 1.93. The van der Waals surface area contributed by atoms with E-state index >= 15 is 0 Å². The summed E-state index contributed by atoms with van der Waals surface area (Å²) in [5, 5.41) is 14.5. The summed E-state index contributed by atoms with van der Waals surface area (Å²) in [6.45, 7) is 0.107. The highest BCUT2D eigenvalue weighted by molar-refractivity contribution is 6.33. The van der Waals surface area contributed by atoms with Crippen LogP contribution in [-0.2, 0) is 4.79 Å². The molecule has 2 amide bonds. The Morgan fingerprint density at radius 2 is 2.15 bits per heavy atom. The normalized spacial score (nSPS) is 15.3. The largest absolute Gasteiger partial charge is 0.497 e. The number of hydrogen-bond donors (Lipinski definition) is 3. The first kappa shape index (κ1) is 14.5. The molecule has 1 aliphatic rings. The lowest BCUT2D eigenvalue weighted by atomic mass is 10.1. The number of nitrogens with one attached hydrogen (secondary N) is 2. The molecule has 1 saturated carbocycles. The Morgan fingerprint density at radius 3 is 2.70 bits per heavy atom. The molecule has 20 heavy (non-hydrogen) atoms. The predicted octanol–water partition coefficient (Wildman–Crippen LogP) is 2.33. The van der Waals surface area contributed by atoms with Crippen molar-refractivity contribution in [3.63, 3.8) is 0 Å². The van der Waals surface area contributed by atoms with E-state index in [4.69, 9.17) is 21.4 Å². The highest BCUT2D eigenvalue weighted by atomic mass is 35.5. The number of hydrogen-bond acceptors (Lipinski definition) is 3. The second-order valence-corrected chi connectivity index (χ2v) is 5.15. The summed E-state index contributed by atoms with van der Waals surface area (Å²) in [7, 11) is 1.51. The number of benzene rings is 1. The van der Waals surface area contributed by atoms with Crippen molar-refractivity contribution in [1.29, 1.82) is 0 Å². The van der Waals surface area contributed by atoms with Crippen molar-refractivity contribution >= 4 is 29.3 Å². The van der Waals surface area contributed by atoms with Gasteiger partial charge in [-0.05, 0) is 25.0 Å². The smallest absolute Gasteiger partial charge is 0.319 e. The molecule has 0 radical (unpaired) electrons. The van der Waals surface area contributed by atoms with Crippen molar-refractivity contribution in [2.24, 2.45) is 5.41 Å². The molecule has 7 heteroatoms. The lowest BCUT2D eigenvalue weighted by Gasteiger charge is -2.13. The van der Waals surface area contributed by atoms with Gasteiger partial charge in [0.25, 0.3) is 0 Å². The zero-order chi connectivity index (χ0) is 14.8. The van der Waals surface area contributed by atoms with Crippen LogP contribution in [0.5, 0.6) is 5.75 Å². The zero-order valence-electron chi connectivity index (χ0n) is 10.9. The van der Waals surface area contributed by atoms with Crippen LogP contribution in [0.25, 0.3) is 0 Å². The van der Waals surface area contributed by atoms with E-state index in [0.717, 1.165) is 0 Å². The predicted molar refractivity (Wildman–Crippen MR) is 74.3 cm³/mol. The molecular weight excluding hydrogens is 284 g/mol. The van der Waals surface area contributed by atoms with E-state index in [0.29, 0.717) is 29.3 Å². The number of anilines is 1. The molecule has 0 aromatic heterocycles. The first-order valence-electron chi connectivity index (χ1n) is 6.09. The molecule has 1 fully saturated rings. The van der Waals surface area contributed by atoms with Gasteiger partial charge in [-0.25, -0.2) is 4.79 Å². The van der Waals surface area contributed by atoms with Gasteiger partial charge in [-0.1, -0.05) is 11.6 Å². The molecule has 0 unspecified atom stereocenters. The van der Waals surface area contributed by atoms with E-state index in [1.54, 1.807) is 18.2 Å². The number of halogens is 1. The number of methoxy groups -OCH3 is 1. The number of carboxylic acids is 1. The number of carbonyl (C=O) groups is 2. The third kappa shape index (κ3) is 3.14. The molecule has 3 N–H and O–H groups in total. The quantitative estimate of drug-likeness (QED) is 0.778. The topological polar surface area (TPSA) is 87.7 Å². The van der Waals surface area contributed by atoms with Crippen LogP contribution >= 0.6 is 11.6 Å². The Balaban J connectivity index is 1.93. The van der Waals surface area contributed by atoms with Crippen molar-refractivity contribution in [3.8, 4) is 5.75 Å². The minimum absolute atomic E-state index is 0.107. The molecule has 6 nitrogen and oxygen atoms in total. The van der Waals surface area contributed by atoms with E-state index in [1.807, 2.05) is 0 Å². The minimum Gasteiger partial charge on any atom is -0.497 e. The SMILES string of the molecule is COc1ccc(Cl)c(NC(=O)NCC2(C(=O)O)CC2)c1. The van der Waals surface area contributed by atoms with Gasteiger partial charge < -0.3 is 20.5 Å². The van der Waals surface area contributed by atoms with E-state index < -0.39 is 17.4 Å². The highest BCUT2D eigenvalue weighted by Crippen LogP contribution is 2.45. The van der Waals surface area contributed by atoms with Crippen LogP contribution in [-0.4, -0.2) is 30.8 Å². The molecule has 108 valence electrons. The average molecular weight is 299 g/mol.